The van der Waals surface area contributed by atoms with Gasteiger partial charge in [-0.15, -0.1) is 22.7 Å². The summed E-state index contributed by atoms with van der Waals surface area (Å²) in [7, 11) is 0. The van der Waals surface area contributed by atoms with Gasteiger partial charge in [-0.1, -0.05) is 12.1 Å². The van der Waals surface area contributed by atoms with Crippen LogP contribution in [-0.2, 0) is 6.42 Å². The van der Waals surface area contributed by atoms with E-state index in [9.17, 15) is 13.2 Å². The molecule has 0 aliphatic rings. The first-order chi connectivity index (χ1) is 10.0. The third-order valence-corrected chi connectivity index (χ3v) is 5.03. The average molecular weight is 333 g/mol. The minimum absolute atomic E-state index is 0.187. The molecule has 0 radical (unpaired) electrons. The summed E-state index contributed by atoms with van der Waals surface area (Å²) in [5.41, 5.74) is 0. The van der Waals surface area contributed by atoms with E-state index >= 15 is 0 Å². The van der Waals surface area contributed by atoms with Crippen molar-refractivity contribution in [3.63, 3.8) is 0 Å². The lowest BCUT2D eigenvalue weighted by molar-refractivity contribution is -0.135. The third-order valence-electron chi connectivity index (χ3n) is 3.15. The zero-order chi connectivity index (χ0) is 15.1. The van der Waals surface area contributed by atoms with Crippen molar-refractivity contribution in [1.29, 1.82) is 0 Å². The van der Waals surface area contributed by atoms with Gasteiger partial charge in [0.05, 0.1) is 0 Å². The van der Waals surface area contributed by atoms with Crippen LogP contribution in [0, 0.1) is 0 Å². The van der Waals surface area contributed by atoms with Crippen LogP contribution >= 0.6 is 22.7 Å². The maximum atomic E-state index is 12.1. The van der Waals surface area contributed by atoms with Crippen molar-refractivity contribution >= 4 is 22.7 Å². The average Bonchev–Trinajstić information content (AvgIpc) is 3.08. The maximum Gasteiger partial charge on any atom is 0.389 e. The van der Waals surface area contributed by atoms with Crippen LogP contribution in [0.2, 0.25) is 0 Å². The van der Waals surface area contributed by atoms with E-state index in [-0.39, 0.29) is 12.5 Å². The molecule has 1 N–H and O–H groups in total. The Balaban J connectivity index is 1.80. The molecule has 1 atom stereocenters. The van der Waals surface area contributed by atoms with Crippen LogP contribution in [0.15, 0.2) is 35.0 Å². The second-order valence-electron chi connectivity index (χ2n) is 4.88. The highest BCUT2D eigenvalue weighted by Gasteiger charge is 2.25. The Labute approximate surface area is 130 Å². The molecule has 1 unspecified atom stereocenters. The van der Waals surface area contributed by atoms with Crippen molar-refractivity contribution in [2.24, 2.45) is 0 Å². The van der Waals surface area contributed by atoms with Gasteiger partial charge in [-0.3, -0.25) is 0 Å². The SMILES string of the molecule is FC(F)(F)CCCCNC(Cc1cccs1)c1cccs1. The molecule has 1 nitrogen and oxygen atoms in total. The maximum absolute atomic E-state index is 12.1. The Kier molecular flexibility index (Phi) is 6.26. The lowest BCUT2D eigenvalue weighted by atomic mass is 10.1. The first-order valence-corrected chi connectivity index (χ1v) is 8.66. The molecular weight excluding hydrogens is 315 g/mol. The molecule has 0 bridgehead atoms. The highest BCUT2D eigenvalue weighted by atomic mass is 32.1. The first kappa shape index (κ1) is 16.5. The van der Waals surface area contributed by atoms with E-state index in [0.29, 0.717) is 13.0 Å². The van der Waals surface area contributed by atoms with Gasteiger partial charge in [-0.25, -0.2) is 0 Å². The van der Waals surface area contributed by atoms with Crippen LogP contribution in [0.25, 0.3) is 0 Å². The number of unbranched alkanes of at least 4 members (excludes halogenated alkanes) is 1. The lowest BCUT2D eigenvalue weighted by Crippen LogP contribution is -2.23. The Hall–Kier alpha value is -0.850. The van der Waals surface area contributed by atoms with Crippen molar-refractivity contribution in [1.82, 2.24) is 5.32 Å². The van der Waals surface area contributed by atoms with Crippen LogP contribution in [0.3, 0.4) is 0 Å². The molecule has 2 heterocycles. The number of halogens is 3. The van der Waals surface area contributed by atoms with E-state index in [0.717, 1.165) is 6.42 Å². The molecule has 21 heavy (non-hydrogen) atoms. The van der Waals surface area contributed by atoms with E-state index in [2.05, 4.69) is 17.4 Å². The molecule has 116 valence electrons. The van der Waals surface area contributed by atoms with E-state index in [4.69, 9.17) is 0 Å². The number of hydrogen-bond acceptors (Lipinski definition) is 3. The quantitative estimate of drug-likeness (QED) is 0.636. The third kappa shape index (κ3) is 6.20. The number of alkyl halides is 3. The molecule has 0 amide bonds. The number of hydrogen-bond donors (Lipinski definition) is 1. The molecule has 0 aromatic carbocycles. The highest BCUT2D eigenvalue weighted by Crippen LogP contribution is 2.25. The smallest absolute Gasteiger partial charge is 0.309 e. The molecule has 2 aromatic heterocycles. The van der Waals surface area contributed by atoms with Gasteiger partial charge >= 0.3 is 6.18 Å². The predicted molar refractivity (Wildman–Crippen MR) is 83.0 cm³/mol. The van der Waals surface area contributed by atoms with Crippen LogP contribution in [0.5, 0.6) is 0 Å². The summed E-state index contributed by atoms with van der Waals surface area (Å²) in [5.74, 6) is 0. The normalized spacial score (nSPS) is 13.5. The fourth-order valence-corrected chi connectivity index (χ4v) is 3.67. The van der Waals surface area contributed by atoms with Gasteiger partial charge in [0.2, 0.25) is 0 Å². The summed E-state index contributed by atoms with van der Waals surface area (Å²) in [5, 5.41) is 7.47. The largest absolute Gasteiger partial charge is 0.389 e. The van der Waals surface area contributed by atoms with E-state index < -0.39 is 12.6 Å². The van der Waals surface area contributed by atoms with Crippen molar-refractivity contribution in [3.8, 4) is 0 Å². The second kappa shape index (κ2) is 7.96. The molecule has 0 saturated heterocycles. The van der Waals surface area contributed by atoms with Gasteiger partial charge in [-0.05, 0) is 42.3 Å². The van der Waals surface area contributed by atoms with Gasteiger partial charge in [0, 0.05) is 28.6 Å². The summed E-state index contributed by atoms with van der Waals surface area (Å²) in [4.78, 5) is 2.52. The summed E-state index contributed by atoms with van der Waals surface area (Å²) >= 11 is 3.39. The van der Waals surface area contributed by atoms with Crippen molar-refractivity contribution in [2.45, 2.75) is 37.9 Å². The molecule has 0 fully saturated rings. The van der Waals surface area contributed by atoms with E-state index in [1.165, 1.54) is 9.75 Å². The lowest BCUT2D eigenvalue weighted by Gasteiger charge is -2.17. The van der Waals surface area contributed by atoms with Gasteiger partial charge in [0.15, 0.2) is 0 Å². The monoisotopic (exact) mass is 333 g/mol. The minimum Gasteiger partial charge on any atom is -0.309 e. The van der Waals surface area contributed by atoms with Gasteiger partial charge in [-0.2, -0.15) is 13.2 Å². The van der Waals surface area contributed by atoms with Crippen molar-refractivity contribution in [2.75, 3.05) is 6.54 Å². The number of thiophene rings is 2. The Morgan fingerprint density at radius 1 is 1.05 bits per heavy atom. The molecule has 2 aromatic rings. The zero-order valence-corrected chi connectivity index (χ0v) is 13.2. The second-order valence-corrected chi connectivity index (χ2v) is 6.89. The van der Waals surface area contributed by atoms with E-state index in [1.807, 2.05) is 22.9 Å². The summed E-state index contributed by atoms with van der Waals surface area (Å²) in [6.07, 6.45) is -3.11. The molecular formula is C15H18F3NS2. The van der Waals surface area contributed by atoms with Gasteiger partial charge in [0.1, 0.15) is 0 Å². The summed E-state index contributed by atoms with van der Waals surface area (Å²) in [6.45, 7) is 0.615. The molecule has 0 spiro atoms. The van der Waals surface area contributed by atoms with Gasteiger partial charge < -0.3 is 5.32 Å². The Morgan fingerprint density at radius 3 is 2.43 bits per heavy atom. The fraction of sp³-hybridized carbons (Fsp3) is 0.467. The predicted octanol–water partition coefficient (Wildman–Crippen LogP) is 5.42. The molecule has 0 aliphatic heterocycles. The number of rotatable bonds is 8. The highest BCUT2D eigenvalue weighted by molar-refractivity contribution is 7.10. The van der Waals surface area contributed by atoms with Crippen LogP contribution in [0.4, 0.5) is 13.2 Å². The Morgan fingerprint density at radius 2 is 1.81 bits per heavy atom. The first-order valence-electron chi connectivity index (χ1n) is 6.90. The van der Waals surface area contributed by atoms with Crippen molar-refractivity contribution < 1.29 is 13.2 Å². The van der Waals surface area contributed by atoms with Gasteiger partial charge in [0.25, 0.3) is 0 Å². The van der Waals surface area contributed by atoms with E-state index in [1.54, 1.807) is 22.7 Å². The fourth-order valence-electron chi connectivity index (χ4n) is 2.12. The van der Waals surface area contributed by atoms with Crippen LogP contribution < -0.4 is 5.32 Å². The summed E-state index contributed by atoms with van der Waals surface area (Å²) in [6, 6.07) is 8.39. The minimum atomic E-state index is -4.04. The zero-order valence-electron chi connectivity index (χ0n) is 11.5. The van der Waals surface area contributed by atoms with Crippen LogP contribution in [0.1, 0.15) is 35.1 Å². The molecule has 0 saturated carbocycles. The van der Waals surface area contributed by atoms with Crippen LogP contribution in [-0.4, -0.2) is 12.7 Å². The topological polar surface area (TPSA) is 12.0 Å². The Bertz CT molecular complexity index is 491. The molecule has 2 rings (SSSR count). The van der Waals surface area contributed by atoms with Crippen molar-refractivity contribution in [3.05, 3.63) is 44.8 Å². The summed E-state index contributed by atoms with van der Waals surface area (Å²) < 4.78 is 36.3. The molecule has 6 heteroatoms. The molecule has 0 aliphatic carbocycles. The standard InChI is InChI=1S/C15H18F3NS2/c16-15(17,18)7-1-2-8-19-13(14-6-4-10-21-14)11-12-5-3-9-20-12/h3-6,9-10,13,19H,1-2,7-8,11H2. The number of nitrogens with one attached hydrogen (secondary N) is 1.